The number of amides is 1. The fourth-order valence-corrected chi connectivity index (χ4v) is 2.72. The normalized spacial score (nSPS) is 10.4. The molecular formula is C21H18F2N4O2. The van der Waals surface area contributed by atoms with Crippen molar-refractivity contribution >= 4 is 17.3 Å². The summed E-state index contributed by atoms with van der Waals surface area (Å²) in [5.74, 6) is -1.16. The molecule has 0 aliphatic rings. The highest BCUT2D eigenvalue weighted by Crippen LogP contribution is 2.22. The summed E-state index contributed by atoms with van der Waals surface area (Å²) in [6, 6.07) is 9.46. The van der Waals surface area contributed by atoms with E-state index in [-0.39, 0.29) is 34.6 Å². The average molecular weight is 396 g/mol. The van der Waals surface area contributed by atoms with Gasteiger partial charge in [-0.15, -0.1) is 0 Å². The number of rotatable bonds is 6. The average Bonchev–Trinajstić information content (AvgIpc) is 2.72. The second-order valence-electron chi connectivity index (χ2n) is 6.21. The second-order valence-corrected chi connectivity index (χ2v) is 6.21. The standard InChI is InChI=1S/C21H18F2N4O2/c1-29-16-6-14(9-26-11-16)21(28)27-10-13-7-17(19(24)8-18(13)23)20(25)12-3-2-4-15(22)5-12/h2-9,11,25H,10,24H2,1H3,(H,27,28). The Morgan fingerprint density at radius 2 is 1.97 bits per heavy atom. The number of hydrogen-bond acceptors (Lipinski definition) is 5. The van der Waals surface area contributed by atoms with Gasteiger partial charge in [-0.25, -0.2) is 8.78 Å². The summed E-state index contributed by atoms with van der Waals surface area (Å²) in [6.07, 6.45) is 2.82. The molecule has 29 heavy (non-hydrogen) atoms. The Morgan fingerprint density at radius 1 is 1.17 bits per heavy atom. The Hall–Kier alpha value is -3.81. The zero-order chi connectivity index (χ0) is 21.0. The van der Waals surface area contributed by atoms with Crippen LogP contribution in [-0.2, 0) is 6.54 Å². The molecule has 1 aromatic heterocycles. The number of carbonyl (C=O) groups excluding carboxylic acids is 1. The van der Waals surface area contributed by atoms with Crippen LogP contribution in [0.1, 0.15) is 27.0 Å². The smallest absolute Gasteiger partial charge is 0.253 e. The zero-order valence-corrected chi connectivity index (χ0v) is 15.5. The van der Waals surface area contributed by atoms with Gasteiger partial charge in [-0.2, -0.15) is 0 Å². The number of nitrogens with zero attached hydrogens (tertiary/aromatic N) is 1. The minimum atomic E-state index is -0.623. The van der Waals surface area contributed by atoms with E-state index in [1.165, 1.54) is 49.8 Å². The number of anilines is 1. The molecule has 1 amide bonds. The van der Waals surface area contributed by atoms with Gasteiger partial charge < -0.3 is 15.8 Å². The van der Waals surface area contributed by atoms with Crippen molar-refractivity contribution in [1.82, 2.24) is 10.3 Å². The van der Waals surface area contributed by atoms with Crippen LogP contribution in [0.4, 0.5) is 14.5 Å². The maximum Gasteiger partial charge on any atom is 0.253 e. The monoisotopic (exact) mass is 396 g/mol. The highest BCUT2D eigenvalue weighted by molar-refractivity contribution is 6.13. The number of methoxy groups -OCH3 is 1. The molecule has 0 spiro atoms. The molecule has 0 unspecified atom stereocenters. The Morgan fingerprint density at radius 3 is 2.69 bits per heavy atom. The van der Waals surface area contributed by atoms with Crippen molar-refractivity contribution in [3.05, 3.63) is 88.7 Å². The molecule has 0 saturated carbocycles. The molecule has 0 aliphatic carbocycles. The van der Waals surface area contributed by atoms with Gasteiger partial charge in [-0.3, -0.25) is 15.2 Å². The first-order chi connectivity index (χ1) is 13.9. The molecule has 6 nitrogen and oxygen atoms in total. The van der Waals surface area contributed by atoms with Crippen LogP contribution < -0.4 is 15.8 Å². The fourth-order valence-electron chi connectivity index (χ4n) is 2.72. The number of halogens is 2. The third-order valence-corrected chi connectivity index (χ3v) is 4.25. The second kappa shape index (κ2) is 8.47. The number of hydrogen-bond donors (Lipinski definition) is 3. The molecule has 0 radical (unpaired) electrons. The van der Waals surface area contributed by atoms with E-state index >= 15 is 0 Å². The fraction of sp³-hybridized carbons (Fsp3) is 0.0952. The van der Waals surface area contributed by atoms with Crippen molar-refractivity contribution in [2.75, 3.05) is 12.8 Å². The van der Waals surface area contributed by atoms with Crippen LogP contribution in [0.3, 0.4) is 0 Å². The maximum absolute atomic E-state index is 14.3. The molecular weight excluding hydrogens is 378 g/mol. The minimum Gasteiger partial charge on any atom is -0.495 e. The largest absolute Gasteiger partial charge is 0.495 e. The lowest BCUT2D eigenvalue weighted by molar-refractivity contribution is 0.0950. The number of pyridine rings is 1. The molecule has 0 bridgehead atoms. The van der Waals surface area contributed by atoms with Gasteiger partial charge in [0.25, 0.3) is 5.91 Å². The number of benzene rings is 2. The quantitative estimate of drug-likeness (QED) is 0.440. The molecule has 1 heterocycles. The third-order valence-electron chi connectivity index (χ3n) is 4.25. The summed E-state index contributed by atoms with van der Waals surface area (Å²) < 4.78 is 32.8. The Bertz CT molecular complexity index is 1090. The van der Waals surface area contributed by atoms with Crippen molar-refractivity contribution in [3.8, 4) is 5.75 Å². The highest BCUT2D eigenvalue weighted by atomic mass is 19.1. The predicted molar refractivity (Wildman–Crippen MR) is 105 cm³/mol. The number of nitrogens with one attached hydrogen (secondary N) is 2. The summed E-state index contributed by atoms with van der Waals surface area (Å²) >= 11 is 0. The first-order valence-electron chi connectivity index (χ1n) is 8.59. The van der Waals surface area contributed by atoms with Crippen LogP contribution in [0.2, 0.25) is 0 Å². The van der Waals surface area contributed by atoms with Crippen molar-refractivity contribution in [2.24, 2.45) is 0 Å². The van der Waals surface area contributed by atoms with E-state index in [0.29, 0.717) is 11.3 Å². The summed E-state index contributed by atoms with van der Waals surface area (Å²) in [6.45, 7) is -0.133. The van der Waals surface area contributed by atoms with E-state index in [1.807, 2.05) is 0 Å². The molecule has 8 heteroatoms. The summed E-state index contributed by atoms with van der Waals surface area (Å²) in [5.41, 5.74) is 6.80. The van der Waals surface area contributed by atoms with Crippen LogP contribution in [0, 0.1) is 17.0 Å². The highest BCUT2D eigenvalue weighted by Gasteiger charge is 2.15. The molecule has 3 aromatic rings. The number of nitrogens with two attached hydrogens (primary N) is 1. The van der Waals surface area contributed by atoms with Gasteiger partial charge in [0.15, 0.2) is 0 Å². The van der Waals surface area contributed by atoms with Crippen molar-refractivity contribution in [2.45, 2.75) is 6.54 Å². The van der Waals surface area contributed by atoms with Crippen LogP contribution in [0.25, 0.3) is 0 Å². The number of nitrogen functional groups attached to an aromatic ring is 1. The van der Waals surface area contributed by atoms with Crippen molar-refractivity contribution < 1.29 is 18.3 Å². The maximum atomic E-state index is 14.3. The van der Waals surface area contributed by atoms with Crippen LogP contribution in [0.5, 0.6) is 5.75 Å². The van der Waals surface area contributed by atoms with Crippen LogP contribution >= 0.6 is 0 Å². The lowest BCUT2D eigenvalue weighted by atomic mass is 9.98. The molecule has 0 atom stereocenters. The van der Waals surface area contributed by atoms with Crippen LogP contribution in [0.15, 0.2) is 54.9 Å². The minimum absolute atomic E-state index is 0.0452. The molecule has 148 valence electrons. The summed E-state index contributed by atoms with van der Waals surface area (Å²) in [7, 11) is 1.46. The zero-order valence-electron chi connectivity index (χ0n) is 15.5. The Balaban J connectivity index is 1.82. The van der Waals surface area contributed by atoms with Gasteiger partial charge in [0, 0.05) is 35.1 Å². The van der Waals surface area contributed by atoms with E-state index in [2.05, 4.69) is 10.3 Å². The Labute approximate surface area is 165 Å². The van der Waals surface area contributed by atoms with Gasteiger partial charge in [0.1, 0.15) is 17.4 Å². The van der Waals surface area contributed by atoms with Gasteiger partial charge in [0.05, 0.1) is 24.6 Å². The van der Waals surface area contributed by atoms with Crippen molar-refractivity contribution in [1.29, 1.82) is 5.41 Å². The third kappa shape index (κ3) is 4.55. The van der Waals surface area contributed by atoms with Gasteiger partial charge in [-0.05, 0) is 30.3 Å². The lowest BCUT2D eigenvalue weighted by Gasteiger charge is -2.13. The molecule has 3 rings (SSSR count). The van der Waals surface area contributed by atoms with Gasteiger partial charge in [-0.1, -0.05) is 12.1 Å². The molecule has 0 saturated heterocycles. The van der Waals surface area contributed by atoms with E-state index in [1.54, 1.807) is 6.07 Å². The molecule has 4 N–H and O–H groups in total. The number of carbonyl (C=O) groups is 1. The lowest BCUT2D eigenvalue weighted by Crippen LogP contribution is -2.24. The van der Waals surface area contributed by atoms with Crippen LogP contribution in [-0.4, -0.2) is 23.7 Å². The summed E-state index contributed by atoms with van der Waals surface area (Å²) in [4.78, 5) is 16.2. The van der Waals surface area contributed by atoms with E-state index in [0.717, 1.165) is 6.07 Å². The van der Waals surface area contributed by atoms with E-state index < -0.39 is 17.5 Å². The Kier molecular flexibility index (Phi) is 5.82. The molecule has 0 aliphatic heterocycles. The first-order valence-corrected chi connectivity index (χ1v) is 8.59. The first kappa shape index (κ1) is 19.9. The number of ether oxygens (including phenoxy) is 1. The van der Waals surface area contributed by atoms with E-state index in [4.69, 9.17) is 15.9 Å². The van der Waals surface area contributed by atoms with Gasteiger partial charge >= 0.3 is 0 Å². The van der Waals surface area contributed by atoms with E-state index in [9.17, 15) is 13.6 Å². The van der Waals surface area contributed by atoms with Gasteiger partial charge in [0.2, 0.25) is 0 Å². The number of aromatic nitrogens is 1. The summed E-state index contributed by atoms with van der Waals surface area (Å²) in [5, 5.41) is 10.9. The molecule has 0 fully saturated rings. The van der Waals surface area contributed by atoms with Crippen molar-refractivity contribution in [3.63, 3.8) is 0 Å². The molecule has 2 aromatic carbocycles. The predicted octanol–water partition coefficient (Wildman–Crippen LogP) is 3.30. The topological polar surface area (TPSA) is 101 Å². The SMILES string of the molecule is COc1cncc(C(=O)NCc2cc(C(=N)c3cccc(F)c3)c(N)cc2F)c1.